The first-order valence-corrected chi connectivity index (χ1v) is 9.20. The first-order chi connectivity index (χ1) is 12.0. The van der Waals surface area contributed by atoms with Gasteiger partial charge in [-0.05, 0) is 53.3 Å². The summed E-state index contributed by atoms with van der Waals surface area (Å²) in [4.78, 5) is 12.3. The molecule has 1 aromatic carbocycles. The number of rotatable bonds is 5. The Bertz CT molecular complexity index is 843. The smallest absolute Gasteiger partial charge is 0.200 e. The first kappa shape index (κ1) is 20.3. The van der Waals surface area contributed by atoms with Crippen molar-refractivity contribution in [1.82, 2.24) is 0 Å². The van der Waals surface area contributed by atoms with Crippen molar-refractivity contribution in [3.63, 3.8) is 0 Å². The molecule has 0 fully saturated rings. The van der Waals surface area contributed by atoms with E-state index in [1.165, 1.54) is 0 Å². The molecule has 2 rings (SSSR count). The predicted molar refractivity (Wildman–Crippen MR) is 111 cm³/mol. The summed E-state index contributed by atoms with van der Waals surface area (Å²) in [6, 6.07) is 9.44. The Morgan fingerprint density at radius 2 is 1.77 bits per heavy atom. The largest absolute Gasteiger partial charge is 0.453 e. The number of Topliss-reactive ketones (excluding diaryl/α,β-unsaturated/α-hetero) is 1. The van der Waals surface area contributed by atoms with Crippen LogP contribution in [0.5, 0.6) is 0 Å². The van der Waals surface area contributed by atoms with Gasteiger partial charge >= 0.3 is 0 Å². The summed E-state index contributed by atoms with van der Waals surface area (Å²) in [5.41, 5.74) is 3.67. The molecule has 3 heteroatoms. The first-order valence-electron chi connectivity index (χ1n) is 8.82. The Balaban J connectivity index is 2.51. The van der Waals surface area contributed by atoms with E-state index in [4.69, 9.17) is 16.0 Å². The highest BCUT2D eigenvalue weighted by molar-refractivity contribution is 6.30. The Hall–Kier alpha value is -2.06. The number of hydrogen-bond donors (Lipinski definition) is 0. The van der Waals surface area contributed by atoms with Gasteiger partial charge < -0.3 is 4.42 Å². The molecule has 0 saturated heterocycles. The normalized spacial score (nSPS) is 12.5. The van der Waals surface area contributed by atoms with Gasteiger partial charge in [0.15, 0.2) is 5.76 Å². The Morgan fingerprint density at radius 1 is 1.19 bits per heavy atom. The van der Waals surface area contributed by atoms with Crippen LogP contribution in [0.2, 0.25) is 5.02 Å². The minimum Gasteiger partial charge on any atom is -0.453 e. The Kier molecular flexibility index (Phi) is 5.98. The Labute approximate surface area is 161 Å². The number of halogens is 1. The molecule has 0 radical (unpaired) electrons. The van der Waals surface area contributed by atoms with Crippen LogP contribution in [0.4, 0.5) is 0 Å². The maximum Gasteiger partial charge on any atom is 0.200 e. The van der Waals surface area contributed by atoms with Gasteiger partial charge in [0.1, 0.15) is 5.76 Å². The lowest BCUT2D eigenvalue weighted by molar-refractivity contribution is 0.0910. The highest BCUT2D eigenvalue weighted by Gasteiger charge is 2.26. The van der Waals surface area contributed by atoms with Crippen molar-refractivity contribution in [3.8, 4) is 0 Å². The fourth-order valence-corrected chi connectivity index (χ4v) is 2.83. The lowest BCUT2D eigenvalue weighted by atomic mass is 9.82. The summed E-state index contributed by atoms with van der Waals surface area (Å²) in [5.74, 6) is 1.08. The fraction of sp³-hybridized carbons (Fsp3) is 0.348. The average molecular weight is 371 g/mol. The monoisotopic (exact) mass is 370 g/mol. The standard InChI is InChI=1S/C23H27ClO2/c1-14(2)21(25)20-13-16(4)22(26-20)19(23(5,6)7)12-15(3)17-8-10-18(24)11-9-17/h8-14H,3H2,1-2,4-7H3/b19-12+. The van der Waals surface area contributed by atoms with Gasteiger partial charge in [-0.1, -0.05) is 64.9 Å². The summed E-state index contributed by atoms with van der Waals surface area (Å²) in [6.45, 7) is 16.3. The van der Waals surface area contributed by atoms with Gasteiger partial charge in [-0.15, -0.1) is 0 Å². The average Bonchev–Trinajstić information content (AvgIpc) is 2.92. The molecule has 138 valence electrons. The maximum atomic E-state index is 12.3. The molecule has 26 heavy (non-hydrogen) atoms. The number of aryl methyl sites for hydroxylation is 1. The fourth-order valence-electron chi connectivity index (χ4n) is 2.70. The van der Waals surface area contributed by atoms with Crippen molar-refractivity contribution < 1.29 is 9.21 Å². The number of allylic oxidation sites excluding steroid dienone is 3. The molecule has 1 heterocycles. The molecule has 0 N–H and O–H groups in total. The van der Waals surface area contributed by atoms with Crippen molar-refractivity contribution >= 4 is 28.5 Å². The summed E-state index contributed by atoms with van der Waals surface area (Å²) >= 11 is 5.98. The number of benzene rings is 1. The number of furan rings is 1. The van der Waals surface area contributed by atoms with E-state index in [-0.39, 0.29) is 17.1 Å². The quantitative estimate of drug-likeness (QED) is 0.410. The van der Waals surface area contributed by atoms with Gasteiger partial charge in [0, 0.05) is 16.5 Å². The van der Waals surface area contributed by atoms with Gasteiger partial charge in [0.25, 0.3) is 0 Å². The van der Waals surface area contributed by atoms with E-state index in [0.717, 1.165) is 28.0 Å². The van der Waals surface area contributed by atoms with Crippen LogP contribution in [0.3, 0.4) is 0 Å². The third-order valence-corrected chi connectivity index (χ3v) is 4.52. The third kappa shape index (κ3) is 4.56. The third-order valence-electron chi connectivity index (χ3n) is 4.27. The second-order valence-corrected chi connectivity index (χ2v) is 8.42. The van der Waals surface area contributed by atoms with Crippen LogP contribution < -0.4 is 0 Å². The van der Waals surface area contributed by atoms with E-state index < -0.39 is 0 Å². The zero-order valence-corrected chi connectivity index (χ0v) is 17.2. The van der Waals surface area contributed by atoms with Crippen molar-refractivity contribution in [1.29, 1.82) is 0 Å². The number of carbonyl (C=O) groups excluding carboxylic acids is 1. The van der Waals surface area contributed by atoms with Crippen molar-refractivity contribution in [2.75, 3.05) is 0 Å². The van der Waals surface area contributed by atoms with Crippen LogP contribution in [0.1, 0.15) is 62.1 Å². The number of ketones is 1. The molecule has 1 aromatic heterocycles. The number of hydrogen-bond acceptors (Lipinski definition) is 2. The lowest BCUT2D eigenvalue weighted by Crippen LogP contribution is -2.09. The minimum absolute atomic E-state index is 0.0177. The second-order valence-electron chi connectivity index (χ2n) is 7.98. The van der Waals surface area contributed by atoms with E-state index in [9.17, 15) is 4.79 Å². The van der Waals surface area contributed by atoms with Gasteiger partial charge in [-0.25, -0.2) is 0 Å². The van der Waals surface area contributed by atoms with Crippen LogP contribution in [-0.2, 0) is 0 Å². The topological polar surface area (TPSA) is 30.2 Å². The summed E-state index contributed by atoms with van der Waals surface area (Å²) in [5, 5.41) is 0.695. The van der Waals surface area contributed by atoms with Crippen molar-refractivity contribution in [3.05, 3.63) is 70.7 Å². The molecule has 0 unspecified atom stereocenters. The summed E-state index contributed by atoms with van der Waals surface area (Å²) in [6.07, 6.45) is 2.04. The SMILES string of the molecule is C=C(/C=C(\c1oc(C(=O)C(C)C)cc1C)C(C)(C)C)c1ccc(Cl)cc1. The molecule has 0 saturated carbocycles. The zero-order valence-electron chi connectivity index (χ0n) is 16.4. The van der Waals surface area contributed by atoms with E-state index in [1.807, 2.05) is 57.2 Å². The second kappa shape index (κ2) is 7.67. The van der Waals surface area contributed by atoms with Gasteiger partial charge in [-0.2, -0.15) is 0 Å². The minimum atomic E-state index is -0.171. The summed E-state index contributed by atoms with van der Waals surface area (Å²) < 4.78 is 6.00. The van der Waals surface area contributed by atoms with E-state index in [0.29, 0.717) is 10.8 Å². The van der Waals surface area contributed by atoms with E-state index in [2.05, 4.69) is 27.4 Å². The molecule has 0 aliphatic rings. The highest BCUT2D eigenvalue weighted by Crippen LogP contribution is 2.39. The molecule has 2 nitrogen and oxygen atoms in total. The summed E-state index contributed by atoms with van der Waals surface area (Å²) in [7, 11) is 0. The van der Waals surface area contributed by atoms with E-state index >= 15 is 0 Å². The van der Waals surface area contributed by atoms with Crippen molar-refractivity contribution in [2.45, 2.75) is 41.5 Å². The van der Waals surface area contributed by atoms with Crippen LogP contribution in [0.25, 0.3) is 11.1 Å². The molecule has 0 aliphatic carbocycles. The van der Waals surface area contributed by atoms with Crippen LogP contribution in [-0.4, -0.2) is 5.78 Å². The lowest BCUT2D eigenvalue weighted by Gasteiger charge is -2.23. The Morgan fingerprint density at radius 3 is 2.27 bits per heavy atom. The van der Waals surface area contributed by atoms with Crippen LogP contribution in [0, 0.1) is 18.3 Å². The molecule has 0 aliphatic heterocycles. The van der Waals surface area contributed by atoms with Crippen molar-refractivity contribution in [2.24, 2.45) is 11.3 Å². The number of carbonyl (C=O) groups is 1. The molecule has 0 amide bonds. The molecular weight excluding hydrogens is 344 g/mol. The molecule has 2 aromatic rings. The predicted octanol–water partition coefficient (Wildman–Crippen LogP) is 7.22. The zero-order chi connectivity index (χ0) is 19.6. The van der Waals surface area contributed by atoms with Crippen LogP contribution >= 0.6 is 11.6 Å². The molecule has 0 spiro atoms. The maximum absolute atomic E-state index is 12.3. The molecule has 0 bridgehead atoms. The highest BCUT2D eigenvalue weighted by atomic mass is 35.5. The van der Waals surface area contributed by atoms with Gasteiger partial charge in [0.2, 0.25) is 5.78 Å². The molecule has 0 atom stereocenters. The molecular formula is C23H27ClO2. The van der Waals surface area contributed by atoms with Gasteiger partial charge in [-0.3, -0.25) is 4.79 Å². The van der Waals surface area contributed by atoms with Gasteiger partial charge in [0.05, 0.1) is 0 Å². The van der Waals surface area contributed by atoms with E-state index in [1.54, 1.807) is 0 Å². The van der Waals surface area contributed by atoms with Crippen LogP contribution in [0.15, 0.2) is 47.4 Å².